The molecule has 202 valence electrons. The molecule has 3 heterocycles. The van der Waals surface area contributed by atoms with Crippen LogP contribution in [0.3, 0.4) is 0 Å². The van der Waals surface area contributed by atoms with Gasteiger partial charge in [-0.1, -0.05) is 36.2 Å². The molecule has 2 saturated heterocycles. The maximum atomic E-state index is 14.5. The van der Waals surface area contributed by atoms with E-state index in [2.05, 4.69) is 10.3 Å². The zero-order valence-electron chi connectivity index (χ0n) is 21.6. The molecule has 1 N–H and O–H groups in total. The van der Waals surface area contributed by atoms with E-state index in [1.54, 1.807) is 37.5 Å². The molecule has 10 heteroatoms. The minimum Gasteiger partial charge on any atom is -0.409 e. The van der Waals surface area contributed by atoms with E-state index in [4.69, 9.17) is 27.9 Å². The van der Waals surface area contributed by atoms with Crippen LogP contribution in [-0.2, 0) is 9.59 Å². The summed E-state index contributed by atoms with van der Waals surface area (Å²) < 4.78 is 5.62. The van der Waals surface area contributed by atoms with Crippen molar-refractivity contribution >= 4 is 41.0 Å². The molecule has 1 aliphatic carbocycles. The lowest BCUT2D eigenvalue weighted by molar-refractivity contribution is -0.142. The van der Waals surface area contributed by atoms with Gasteiger partial charge in [-0.3, -0.25) is 19.5 Å². The molecule has 2 aromatic rings. The summed E-state index contributed by atoms with van der Waals surface area (Å²) in [6.45, 7) is 3.83. The van der Waals surface area contributed by atoms with Crippen molar-refractivity contribution in [2.45, 2.75) is 44.1 Å². The van der Waals surface area contributed by atoms with Crippen LogP contribution in [0.15, 0.2) is 42.7 Å². The number of ether oxygens (including phenoxy) is 1. The summed E-state index contributed by atoms with van der Waals surface area (Å²) in [5.41, 5.74) is -0.633. The zero-order chi connectivity index (χ0) is 27.1. The van der Waals surface area contributed by atoms with Crippen LogP contribution in [0.1, 0.15) is 44.1 Å². The van der Waals surface area contributed by atoms with Crippen molar-refractivity contribution in [1.82, 2.24) is 20.1 Å². The summed E-state index contributed by atoms with van der Waals surface area (Å²) in [7, 11) is 1.61. The van der Waals surface area contributed by atoms with Crippen LogP contribution in [-0.4, -0.2) is 71.3 Å². The molecule has 0 spiro atoms. The molecule has 1 aromatic heterocycles. The molecule has 2 atom stereocenters. The van der Waals surface area contributed by atoms with Crippen molar-refractivity contribution in [3.63, 3.8) is 0 Å². The smallest absolute Gasteiger partial charge is 0.409 e. The Hall–Kier alpha value is -2.68. The van der Waals surface area contributed by atoms with Gasteiger partial charge in [0.25, 0.3) is 0 Å². The van der Waals surface area contributed by atoms with Crippen LogP contribution in [0.25, 0.3) is 0 Å². The minimum absolute atomic E-state index is 0.0334. The summed E-state index contributed by atoms with van der Waals surface area (Å²) in [4.78, 5) is 48.1. The maximum absolute atomic E-state index is 14.5. The van der Waals surface area contributed by atoms with E-state index in [1.807, 2.05) is 17.9 Å². The molecular formula is C28H32Cl2N4O4. The lowest BCUT2D eigenvalue weighted by atomic mass is 9.72. The molecule has 1 aromatic carbocycles. The van der Waals surface area contributed by atoms with Crippen LogP contribution in [0.5, 0.6) is 5.75 Å². The molecule has 8 nitrogen and oxygen atoms in total. The minimum atomic E-state index is -1.21. The Morgan fingerprint density at radius 2 is 1.87 bits per heavy atom. The summed E-state index contributed by atoms with van der Waals surface area (Å²) in [5, 5.41) is 4.16. The summed E-state index contributed by atoms with van der Waals surface area (Å²) in [5.74, 6) is -0.226. The van der Waals surface area contributed by atoms with E-state index in [1.165, 1.54) is 11.1 Å². The van der Waals surface area contributed by atoms with Crippen molar-refractivity contribution in [2.24, 2.45) is 11.3 Å². The van der Waals surface area contributed by atoms with Gasteiger partial charge >= 0.3 is 6.09 Å². The van der Waals surface area contributed by atoms with Gasteiger partial charge in [-0.25, -0.2) is 4.79 Å². The lowest BCUT2D eigenvalue weighted by Gasteiger charge is -2.44. The van der Waals surface area contributed by atoms with Crippen molar-refractivity contribution in [3.05, 3.63) is 58.3 Å². The van der Waals surface area contributed by atoms with Gasteiger partial charge in [0, 0.05) is 56.7 Å². The first-order valence-electron chi connectivity index (χ1n) is 13.0. The van der Waals surface area contributed by atoms with E-state index in [-0.39, 0.29) is 35.5 Å². The largest absolute Gasteiger partial charge is 0.415 e. The third-order valence-electron chi connectivity index (χ3n) is 8.47. The fourth-order valence-corrected chi connectivity index (χ4v) is 6.13. The Labute approximate surface area is 232 Å². The van der Waals surface area contributed by atoms with Crippen molar-refractivity contribution < 1.29 is 19.1 Å². The number of hydrogen-bond donors (Lipinski definition) is 1. The Bertz CT molecular complexity index is 1230. The highest BCUT2D eigenvalue weighted by Gasteiger charge is 2.57. The van der Waals surface area contributed by atoms with Gasteiger partial charge in [0.05, 0.1) is 16.2 Å². The van der Waals surface area contributed by atoms with Crippen LogP contribution in [0, 0.1) is 11.3 Å². The number of rotatable bonds is 6. The number of carbonyl (C=O) groups is 3. The number of aromatic nitrogens is 1. The first kappa shape index (κ1) is 26.9. The summed E-state index contributed by atoms with van der Waals surface area (Å²) in [6, 6.07) is 8.65. The van der Waals surface area contributed by atoms with Crippen LogP contribution >= 0.6 is 23.2 Å². The van der Waals surface area contributed by atoms with E-state index < -0.39 is 11.6 Å². The topological polar surface area (TPSA) is 91.8 Å². The molecule has 2 amide bonds. The van der Waals surface area contributed by atoms with Crippen LogP contribution < -0.4 is 10.1 Å². The number of Topliss-reactive ketones (excluding diaryl/α,β-unsaturated/α-hetero) is 1. The molecule has 38 heavy (non-hydrogen) atoms. The van der Waals surface area contributed by atoms with Crippen molar-refractivity contribution in [1.29, 1.82) is 0 Å². The highest BCUT2D eigenvalue weighted by molar-refractivity contribution is 6.42. The van der Waals surface area contributed by atoms with Gasteiger partial charge in [-0.15, -0.1) is 0 Å². The number of amides is 2. The number of likely N-dealkylation sites (tertiary alicyclic amines) is 1. The zero-order valence-corrected chi connectivity index (χ0v) is 23.1. The average molecular weight is 559 g/mol. The monoisotopic (exact) mass is 558 g/mol. The normalized spacial score (nSPS) is 24.6. The predicted molar refractivity (Wildman–Crippen MR) is 144 cm³/mol. The van der Waals surface area contributed by atoms with E-state index >= 15 is 0 Å². The van der Waals surface area contributed by atoms with Gasteiger partial charge in [0.1, 0.15) is 5.54 Å². The molecular weight excluding hydrogens is 527 g/mol. The van der Waals surface area contributed by atoms with Crippen LogP contribution in [0.4, 0.5) is 4.79 Å². The number of hydrogen-bond acceptors (Lipinski definition) is 6. The predicted octanol–water partition coefficient (Wildman–Crippen LogP) is 4.55. The maximum Gasteiger partial charge on any atom is 0.415 e. The van der Waals surface area contributed by atoms with Crippen molar-refractivity contribution in [2.75, 3.05) is 33.2 Å². The highest BCUT2D eigenvalue weighted by atomic mass is 35.5. The van der Waals surface area contributed by atoms with Crippen molar-refractivity contribution in [3.8, 4) is 5.75 Å². The number of carbonyl (C=O) groups excluding carboxylic acids is 3. The number of nitrogens with zero attached hydrogens (tertiary/aromatic N) is 3. The molecule has 5 rings (SSSR count). The Balaban J connectivity index is 1.44. The van der Waals surface area contributed by atoms with E-state index in [9.17, 15) is 14.4 Å². The van der Waals surface area contributed by atoms with Gasteiger partial charge in [-0.05, 0) is 55.5 Å². The number of benzene rings is 1. The number of pyridine rings is 1. The quantitative estimate of drug-likeness (QED) is 0.559. The first-order chi connectivity index (χ1) is 18.2. The second kappa shape index (κ2) is 10.5. The average Bonchev–Trinajstić information content (AvgIpc) is 3.53. The Morgan fingerprint density at radius 3 is 2.50 bits per heavy atom. The fourth-order valence-electron chi connectivity index (χ4n) is 5.82. The molecule has 3 aliphatic rings. The second-order valence-corrected chi connectivity index (χ2v) is 11.7. The number of halogens is 2. The molecule has 2 aliphatic heterocycles. The van der Waals surface area contributed by atoms with Gasteiger partial charge < -0.3 is 15.0 Å². The Morgan fingerprint density at radius 1 is 1.13 bits per heavy atom. The Kier molecular flexibility index (Phi) is 7.42. The number of likely N-dealkylation sites (N-methyl/N-ethyl adjacent to an activating group) is 1. The third kappa shape index (κ3) is 4.90. The first-order valence-corrected chi connectivity index (χ1v) is 13.8. The summed E-state index contributed by atoms with van der Waals surface area (Å²) in [6.07, 6.45) is 5.37. The lowest BCUT2D eigenvalue weighted by Crippen LogP contribution is -2.62. The SMILES string of the molecule is CN(C(=O)Oc1cccnc1)[C@]1(C(=O)C2CCN(C(=O)C3(C)CC3)CC2)CNC[C@H]1c1ccc(Cl)c(Cl)c1. The summed E-state index contributed by atoms with van der Waals surface area (Å²) >= 11 is 12.5. The molecule has 0 radical (unpaired) electrons. The van der Waals surface area contributed by atoms with E-state index in [0.29, 0.717) is 48.3 Å². The second-order valence-electron chi connectivity index (χ2n) is 10.9. The third-order valence-corrected chi connectivity index (χ3v) is 9.21. The molecule has 0 bridgehead atoms. The highest BCUT2D eigenvalue weighted by Crippen LogP contribution is 2.47. The van der Waals surface area contributed by atoms with Crippen LogP contribution in [0.2, 0.25) is 10.0 Å². The standard InChI is InChI=1S/C28H32Cl2N4O4/c1-27(9-10-27)25(36)34-12-7-18(8-13-34)24(35)28(33(2)26(37)38-20-4-3-11-31-15-20)17-32-16-21(28)19-5-6-22(29)23(30)14-19/h3-6,11,14-15,18,21,32H,7-10,12-13,16-17H2,1-2H3/t21-,28+/m0/s1. The van der Waals surface area contributed by atoms with Gasteiger partial charge in [-0.2, -0.15) is 0 Å². The molecule has 0 unspecified atom stereocenters. The molecule has 3 fully saturated rings. The number of ketones is 1. The van der Waals surface area contributed by atoms with Gasteiger partial charge in [0.2, 0.25) is 5.91 Å². The van der Waals surface area contributed by atoms with Gasteiger partial charge in [0.15, 0.2) is 11.5 Å². The number of piperidine rings is 1. The van der Waals surface area contributed by atoms with E-state index in [0.717, 1.165) is 18.4 Å². The number of nitrogens with one attached hydrogen (secondary N) is 1. The fraction of sp³-hybridized carbons (Fsp3) is 0.500. The molecule has 1 saturated carbocycles.